The zero-order valence-corrected chi connectivity index (χ0v) is 11.2. The largest absolute Gasteiger partial charge is 0.303 e. The summed E-state index contributed by atoms with van der Waals surface area (Å²) >= 11 is 0. The van der Waals surface area contributed by atoms with Gasteiger partial charge in [-0.25, -0.2) is 4.98 Å². The monoisotopic (exact) mass is 256 g/mol. The first-order valence-corrected chi connectivity index (χ1v) is 7.24. The number of carbonyl (C=O) groups is 1. The molecule has 2 heterocycles. The van der Waals surface area contributed by atoms with Gasteiger partial charge in [0, 0.05) is 18.5 Å². The molecule has 0 amide bonds. The van der Waals surface area contributed by atoms with Crippen LogP contribution in [0.15, 0.2) is 30.7 Å². The maximum atomic E-state index is 12.2. The molecular formula is C16H20N2O. The molecule has 3 nitrogen and oxygen atoms in total. The van der Waals surface area contributed by atoms with Crippen LogP contribution in [0, 0.1) is 5.92 Å². The van der Waals surface area contributed by atoms with Crippen LogP contribution in [-0.2, 0) is 11.2 Å². The smallest absolute Gasteiger partial charge is 0.139 e. The zero-order chi connectivity index (χ0) is 13.1. The van der Waals surface area contributed by atoms with E-state index in [1.807, 2.05) is 28.8 Å². The van der Waals surface area contributed by atoms with Crippen molar-refractivity contribution in [2.45, 2.75) is 44.9 Å². The van der Waals surface area contributed by atoms with Crippen LogP contribution in [0.1, 0.15) is 44.2 Å². The predicted octanol–water partition coefficient (Wildman–Crippen LogP) is 3.42. The predicted molar refractivity (Wildman–Crippen MR) is 75.1 cm³/mol. The summed E-state index contributed by atoms with van der Waals surface area (Å²) in [5, 5.41) is 0. The van der Waals surface area contributed by atoms with Gasteiger partial charge in [-0.15, -0.1) is 0 Å². The van der Waals surface area contributed by atoms with Crippen molar-refractivity contribution in [3.63, 3.8) is 0 Å². The van der Waals surface area contributed by atoms with Gasteiger partial charge >= 0.3 is 0 Å². The van der Waals surface area contributed by atoms with Gasteiger partial charge < -0.3 is 4.40 Å². The number of hydrogen-bond acceptors (Lipinski definition) is 2. The molecule has 3 heteroatoms. The van der Waals surface area contributed by atoms with Gasteiger partial charge in [-0.3, -0.25) is 4.79 Å². The quantitative estimate of drug-likeness (QED) is 0.840. The summed E-state index contributed by atoms with van der Waals surface area (Å²) in [6.07, 6.45) is 11.3. The molecule has 1 aliphatic rings. The first-order valence-electron chi connectivity index (χ1n) is 7.24. The van der Waals surface area contributed by atoms with Crippen molar-refractivity contribution in [1.29, 1.82) is 0 Å². The number of aromatic nitrogens is 2. The summed E-state index contributed by atoms with van der Waals surface area (Å²) < 4.78 is 2.01. The lowest BCUT2D eigenvalue weighted by molar-refractivity contribution is -0.119. The molecule has 0 N–H and O–H groups in total. The lowest BCUT2D eigenvalue weighted by atomic mass is 9.85. The number of fused-ring (bicyclic) bond motifs is 1. The normalized spacial score (nSPS) is 16.8. The van der Waals surface area contributed by atoms with E-state index in [1.54, 1.807) is 6.33 Å². The van der Waals surface area contributed by atoms with Gasteiger partial charge in [0.1, 0.15) is 5.78 Å². The molecule has 2 aromatic heterocycles. The minimum absolute atomic E-state index is 0.369. The van der Waals surface area contributed by atoms with Crippen molar-refractivity contribution in [2.24, 2.45) is 5.92 Å². The third kappa shape index (κ3) is 2.86. The lowest BCUT2D eigenvalue weighted by Crippen LogP contribution is -2.14. The highest BCUT2D eigenvalue weighted by Crippen LogP contribution is 2.26. The standard InChI is InChI=1S/C16H20N2O/c19-16(9-13-5-2-1-3-6-13)10-14-7-4-8-15-11-17-12-18(14)15/h4,7-8,11-13H,1-3,5-6,9-10H2. The van der Waals surface area contributed by atoms with Crippen molar-refractivity contribution in [2.75, 3.05) is 0 Å². The first kappa shape index (κ1) is 12.4. The number of Topliss-reactive ketones (excluding diaryl/α,β-unsaturated/α-hetero) is 1. The maximum Gasteiger partial charge on any atom is 0.139 e. The number of rotatable bonds is 4. The van der Waals surface area contributed by atoms with Gasteiger partial charge in [-0.2, -0.15) is 0 Å². The van der Waals surface area contributed by atoms with Gasteiger partial charge in [0.2, 0.25) is 0 Å². The topological polar surface area (TPSA) is 34.4 Å². The fraction of sp³-hybridized carbons (Fsp3) is 0.500. The molecule has 0 atom stereocenters. The van der Waals surface area contributed by atoms with Crippen LogP contribution in [0.2, 0.25) is 0 Å². The highest BCUT2D eigenvalue weighted by molar-refractivity contribution is 5.81. The van der Waals surface area contributed by atoms with Gasteiger partial charge in [-0.1, -0.05) is 38.2 Å². The van der Waals surface area contributed by atoms with E-state index in [1.165, 1.54) is 32.1 Å². The van der Waals surface area contributed by atoms with Crippen LogP contribution in [-0.4, -0.2) is 15.2 Å². The first-order chi connectivity index (χ1) is 9.33. The van der Waals surface area contributed by atoms with Crippen LogP contribution in [0.4, 0.5) is 0 Å². The van der Waals surface area contributed by atoms with Gasteiger partial charge in [0.15, 0.2) is 0 Å². The zero-order valence-electron chi connectivity index (χ0n) is 11.2. The van der Waals surface area contributed by atoms with Crippen molar-refractivity contribution >= 4 is 11.3 Å². The minimum atomic E-state index is 0.369. The highest BCUT2D eigenvalue weighted by Gasteiger charge is 2.17. The summed E-state index contributed by atoms with van der Waals surface area (Å²) in [5.41, 5.74) is 2.11. The molecule has 0 aliphatic heterocycles. The molecule has 100 valence electrons. The Morgan fingerprint density at radius 2 is 2.11 bits per heavy atom. The molecule has 1 fully saturated rings. The molecule has 0 bridgehead atoms. The molecule has 19 heavy (non-hydrogen) atoms. The van der Waals surface area contributed by atoms with Crippen molar-refractivity contribution in [3.8, 4) is 0 Å². The maximum absolute atomic E-state index is 12.2. The number of nitrogens with zero attached hydrogens (tertiary/aromatic N) is 2. The Bertz CT molecular complexity index is 567. The van der Waals surface area contributed by atoms with Crippen LogP contribution in [0.5, 0.6) is 0 Å². The minimum Gasteiger partial charge on any atom is -0.303 e. The highest BCUT2D eigenvalue weighted by atomic mass is 16.1. The van der Waals surface area contributed by atoms with E-state index in [2.05, 4.69) is 4.98 Å². The van der Waals surface area contributed by atoms with E-state index in [4.69, 9.17) is 0 Å². The summed E-state index contributed by atoms with van der Waals surface area (Å²) in [4.78, 5) is 16.3. The van der Waals surface area contributed by atoms with Crippen LogP contribution in [0.25, 0.3) is 5.52 Å². The van der Waals surface area contributed by atoms with Crippen molar-refractivity contribution in [3.05, 3.63) is 36.4 Å². The Morgan fingerprint density at radius 3 is 2.95 bits per heavy atom. The summed E-state index contributed by atoms with van der Waals surface area (Å²) in [6.45, 7) is 0. The summed E-state index contributed by atoms with van der Waals surface area (Å²) in [6, 6.07) is 6.04. The van der Waals surface area contributed by atoms with Crippen LogP contribution < -0.4 is 0 Å². The number of ketones is 1. The average Bonchev–Trinajstić information content (AvgIpc) is 2.89. The second kappa shape index (κ2) is 5.55. The molecule has 0 radical (unpaired) electrons. The molecule has 2 aromatic rings. The molecule has 1 aliphatic carbocycles. The second-order valence-corrected chi connectivity index (χ2v) is 5.63. The number of pyridine rings is 1. The summed E-state index contributed by atoms with van der Waals surface area (Å²) in [7, 11) is 0. The fourth-order valence-corrected chi connectivity index (χ4v) is 3.14. The van der Waals surface area contributed by atoms with Gasteiger partial charge in [-0.05, 0) is 18.1 Å². The number of carbonyl (C=O) groups excluding carboxylic acids is 1. The average molecular weight is 256 g/mol. The molecule has 0 spiro atoms. The Balaban J connectivity index is 1.67. The molecule has 0 aromatic carbocycles. The molecule has 3 rings (SSSR count). The van der Waals surface area contributed by atoms with E-state index in [-0.39, 0.29) is 0 Å². The number of hydrogen-bond donors (Lipinski definition) is 0. The second-order valence-electron chi connectivity index (χ2n) is 5.63. The van der Waals surface area contributed by atoms with E-state index < -0.39 is 0 Å². The van der Waals surface area contributed by atoms with E-state index in [0.717, 1.165) is 17.6 Å². The molecular weight excluding hydrogens is 236 g/mol. The van der Waals surface area contributed by atoms with E-state index in [9.17, 15) is 4.79 Å². The Hall–Kier alpha value is -1.64. The molecule has 0 saturated heterocycles. The van der Waals surface area contributed by atoms with Crippen LogP contribution in [0.3, 0.4) is 0 Å². The van der Waals surface area contributed by atoms with Crippen molar-refractivity contribution < 1.29 is 4.79 Å². The van der Waals surface area contributed by atoms with E-state index >= 15 is 0 Å². The van der Waals surface area contributed by atoms with Crippen LogP contribution >= 0.6 is 0 Å². The fourth-order valence-electron chi connectivity index (χ4n) is 3.14. The third-order valence-electron chi connectivity index (χ3n) is 4.15. The SMILES string of the molecule is O=C(Cc1cccc2cncn12)CC1CCCCC1. The Kier molecular flexibility index (Phi) is 3.62. The van der Waals surface area contributed by atoms with Gasteiger partial charge in [0.25, 0.3) is 0 Å². The molecule has 0 unspecified atom stereocenters. The summed E-state index contributed by atoms with van der Waals surface area (Å²) in [5.74, 6) is 0.997. The lowest BCUT2D eigenvalue weighted by Gasteiger charge is -2.20. The van der Waals surface area contributed by atoms with Crippen molar-refractivity contribution in [1.82, 2.24) is 9.38 Å². The molecule has 1 saturated carbocycles. The number of imidazole rings is 1. The van der Waals surface area contributed by atoms with Gasteiger partial charge in [0.05, 0.1) is 18.0 Å². The Morgan fingerprint density at radius 1 is 1.26 bits per heavy atom. The third-order valence-corrected chi connectivity index (χ3v) is 4.15. The van der Waals surface area contributed by atoms with E-state index in [0.29, 0.717) is 18.1 Å². The Labute approximate surface area is 113 Å².